The van der Waals surface area contributed by atoms with Crippen LogP contribution in [0.15, 0.2) is 47.4 Å². The van der Waals surface area contributed by atoms with Gasteiger partial charge >= 0.3 is 0 Å². The number of sulfonamides is 1. The van der Waals surface area contributed by atoms with Gasteiger partial charge in [-0.1, -0.05) is 17.7 Å². The van der Waals surface area contributed by atoms with E-state index in [4.69, 9.17) is 0 Å². The van der Waals surface area contributed by atoms with Crippen LogP contribution in [0.5, 0.6) is 0 Å². The van der Waals surface area contributed by atoms with Crippen LogP contribution in [0.2, 0.25) is 0 Å². The molecule has 8 nitrogen and oxygen atoms in total. The lowest BCUT2D eigenvalue weighted by Gasteiger charge is -2.33. The molecule has 3 heterocycles. The smallest absolute Gasteiger partial charge is 0.253 e. The van der Waals surface area contributed by atoms with Crippen LogP contribution in [0.25, 0.3) is 0 Å². The molecule has 0 aliphatic carbocycles. The highest BCUT2D eigenvalue weighted by Gasteiger charge is 2.36. The summed E-state index contributed by atoms with van der Waals surface area (Å²) in [6.45, 7) is 4.19. The number of aryl methyl sites for hydroxylation is 1. The summed E-state index contributed by atoms with van der Waals surface area (Å²) in [5.74, 6) is -0.165. The molecule has 3 aliphatic heterocycles. The van der Waals surface area contributed by atoms with Crippen molar-refractivity contribution in [3.05, 3.63) is 53.6 Å². The first-order valence-corrected chi connectivity index (χ1v) is 12.9. The maximum atomic E-state index is 13.2. The fourth-order valence-electron chi connectivity index (χ4n) is 4.94. The number of anilines is 2. The molecule has 3 aliphatic rings. The number of hydrogen-bond acceptors (Lipinski definition) is 5. The molecule has 174 valence electrons. The van der Waals surface area contributed by atoms with Crippen LogP contribution in [0.4, 0.5) is 11.4 Å². The summed E-state index contributed by atoms with van der Waals surface area (Å²) in [6, 6.07) is 12.2. The van der Waals surface area contributed by atoms with Crippen LogP contribution < -0.4 is 10.2 Å². The van der Waals surface area contributed by atoms with Gasteiger partial charge in [-0.15, -0.1) is 0 Å². The fourth-order valence-corrected chi connectivity index (χ4v) is 6.41. The van der Waals surface area contributed by atoms with Crippen LogP contribution in [-0.4, -0.2) is 68.2 Å². The van der Waals surface area contributed by atoms with Crippen molar-refractivity contribution in [3.8, 4) is 0 Å². The normalized spacial score (nSPS) is 21.2. The molecule has 0 unspecified atom stereocenters. The van der Waals surface area contributed by atoms with Gasteiger partial charge in [-0.2, -0.15) is 4.31 Å². The van der Waals surface area contributed by atoms with Gasteiger partial charge in [0.25, 0.3) is 5.91 Å². The standard InChI is InChI=1S/C24H28N4O4S/c1-17-5-8-19(9-6-17)33(31,32)27-12-3-11-26(14-15-27)24(30)18-7-10-21-20(16-18)25-23(29)22-4-2-13-28(21)22/h5-10,16,22H,2-4,11-15H2,1H3,(H,25,29)/t22-/m1/s1. The first-order chi connectivity index (χ1) is 15.8. The van der Waals surface area contributed by atoms with Crippen LogP contribution >= 0.6 is 0 Å². The number of benzene rings is 2. The summed E-state index contributed by atoms with van der Waals surface area (Å²) in [5.41, 5.74) is 3.13. The van der Waals surface area contributed by atoms with E-state index in [-0.39, 0.29) is 29.3 Å². The van der Waals surface area contributed by atoms with Crippen LogP contribution in [0.1, 0.15) is 35.2 Å². The van der Waals surface area contributed by atoms with E-state index >= 15 is 0 Å². The van der Waals surface area contributed by atoms with Gasteiger partial charge in [0, 0.05) is 38.3 Å². The van der Waals surface area contributed by atoms with E-state index in [1.54, 1.807) is 41.3 Å². The maximum Gasteiger partial charge on any atom is 0.253 e. The molecule has 2 aromatic carbocycles. The summed E-state index contributed by atoms with van der Waals surface area (Å²) in [7, 11) is -3.60. The second kappa shape index (κ2) is 8.46. The molecule has 0 bridgehead atoms. The van der Waals surface area contributed by atoms with Crippen LogP contribution in [0.3, 0.4) is 0 Å². The molecule has 9 heteroatoms. The molecule has 2 fully saturated rings. The molecule has 1 atom stereocenters. The minimum atomic E-state index is -3.60. The Morgan fingerprint density at radius 3 is 2.55 bits per heavy atom. The Hall–Kier alpha value is -2.91. The Bertz CT molecular complexity index is 1200. The van der Waals surface area contributed by atoms with Gasteiger partial charge < -0.3 is 15.1 Å². The number of rotatable bonds is 3. The third-order valence-corrected chi connectivity index (χ3v) is 8.68. The van der Waals surface area contributed by atoms with Gasteiger partial charge in [0.1, 0.15) is 6.04 Å². The summed E-state index contributed by atoms with van der Waals surface area (Å²) >= 11 is 0. The number of carbonyl (C=O) groups is 2. The Kier molecular flexibility index (Phi) is 5.62. The topological polar surface area (TPSA) is 90.0 Å². The molecule has 0 radical (unpaired) electrons. The number of hydrogen-bond donors (Lipinski definition) is 1. The second-order valence-corrected chi connectivity index (χ2v) is 10.9. The minimum absolute atomic E-state index is 0.0173. The molecular formula is C24H28N4O4S. The Balaban J connectivity index is 1.31. The summed E-state index contributed by atoms with van der Waals surface area (Å²) in [4.78, 5) is 29.8. The molecule has 2 saturated heterocycles. The average molecular weight is 469 g/mol. The first-order valence-electron chi connectivity index (χ1n) is 11.4. The third kappa shape index (κ3) is 4.00. The number of amides is 2. The molecule has 0 saturated carbocycles. The highest BCUT2D eigenvalue weighted by Crippen LogP contribution is 2.37. The molecule has 2 aromatic rings. The largest absolute Gasteiger partial charge is 0.358 e. The lowest BCUT2D eigenvalue weighted by Crippen LogP contribution is -2.44. The van der Waals surface area contributed by atoms with Crippen molar-refractivity contribution in [2.75, 3.05) is 42.9 Å². The predicted molar refractivity (Wildman–Crippen MR) is 126 cm³/mol. The number of nitrogens with zero attached hydrogens (tertiary/aromatic N) is 3. The molecular weight excluding hydrogens is 440 g/mol. The predicted octanol–water partition coefficient (Wildman–Crippen LogP) is 2.45. The summed E-state index contributed by atoms with van der Waals surface area (Å²) in [5, 5.41) is 2.95. The molecule has 0 aromatic heterocycles. The average Bonchev–Trinajstić information content (AvgIpc) is 3.17. The van der Waals surface area contributed by atoms with Gasteiger partial charge in [-0.25, -0.2) is 8.42 Å². The van der Waals surface area contributed by atoms with E-state index in [0.717, 1.165) is 30.6 Å². The lowest BCUT2D eigenvalue weighted by molar-refractivity contribution is -0.117. The number of fused-ring (bicyclic) bond motifs is 3. The van der Waals surface area contributed by atoms with Gasteiger partial charge in [0.15, 0.2) is 0 Å². The number of carbonyl (C=O) groups excluding carboxylic acids is 2. The van der Waals surface area contributed by atoms with Crippen molar-refractivity contribution in [2.45, 2.75) is 37.1 Å². The Morgan fingerprint density at radius 1 is 0.970 bits per heavy atom. The van der Waals surface area contributed by atoms with Crippen LogP contribution in [0, 0.1) is 6.92 Å². The Labute approximate surface area is 194 Å². The van der Waals surface area contributed by atoms with Crippen molar-refractivity contribution in [1.82, 2.24) is 9.21 Å². The monoisotopic (exact) mass is 468 g/mol. The zero-order valence-electron chi connectivity index (χ0n) is 18.7. The molecule has 5 rings (SSSR count). The van der Waals surface area contributed by atoms with E-state index in [1.807, 2.05) is 13.0 Å². The van der Waals surface area contributed by atoms with E-state index in [9.17, 15) is 18.0 Å². The van der Waals surface area contributed by atoms with Crippen molar-refractivity contribution >= 4 is 33.2 Å². The zero-order valence-corrected chi connectivity index (χ0v) is 19.5. The molecule has 33 heavy (non-hydrogen) atoms. The van der Waals surface area contributed by atoms with E-state index in [0.29, 0.717) is 37.3 Å². The van der Waals surface area contributed by atoms with Gasteiger partial charge in [0.05, 0.1) is 16.3 Å². The lowest BCUT2D eigenvalue weighted by atomic mass is 10.1. The highest BCUT2D eigenvalue weighted by molar-refractivity contribution is 7.89. The van der Waals surface area contributed by atoms with E-state index < -0.39 is 10.0 Å². The fraction of sp³-hybridized carbons (Fsp3) is 0.417. The third-order valence-electron chi connectivity index (χ3n) is 6.77. The highest BCUT2D eigenvalue weighted by atomic mass is 32.2. The van der Waals surface area contributed by atoms with Crippen molar-refractivity contribution in [2.24, 2.45) is 0 Å². The van der Waals surface area contributed by atoms with Crippen molar-refractivity contribution in [3.63, 3.8) is 0 Å². The van der Waals surface area contributed by atoms with Gasteiger partial charge in [-0.3, -0.25) is 9.59 Å². The Morgan fingerprint density at radius 2 is 1.76 bits per heavy atom. The van der Waals surface area contributed by atoms with E-state index in [2.05, 4.69) is 10.2 Å². The number of nitrogens with one attached hydrogen (secondary N) is 1. The maximum absolute atomic E-state index is 13.2. The van der Waals surface area contributed by atoms with Crippen molar-refractivity contribution < 1.29 is 18.0 Å². The first kappa shape index (κ1) is 21.9. The zero-order chi connectivity index (χ0) is 23.2. The molecule has 0 spiro atoms. The van der Waals surface area contributed by atoms with Crippen molar-refractivity contribution in [1.29, 1.82) is 0 Å². The molecule has 1 N–H and O–H groups in total. The summed E-state index contributed by atoms with van der Waals surface area (Å²) < 4.78 is 27.6. The minimum Gasteiger partial charge on any atom is -0.358 e. The van der Waals surface area contributed by atoms with E-state index in [1.165, 1.54) is 4.31 Å². The quantitative estimate of drug-likeness (QED) is 0.747. The summed E-state index contributed by atoms with van der Waals surface area (Å²) in [6.07, 6.45) is 2.39. The van der Waals surface area contributed by atoms with Crippen LogP contribution in [-0.2, 0) is 14.8 Å². The second-order valence-electron chi connectivity index (χ2n) is 8.94. The molecule has 2 amide bonds. The van der Waals surface area contributed by atoms with Gasteiger partial charge in [-0.05, 0) is 56.5 Å². The SMILES string of the molecule is Cc1ccc(S(=O)(=O)N2CCCN(C(=O)c3ccc4c(c3)NC(=O)[C@H]3CCCN43)CC2)cc1. The van der Waals surface area contributed by atoms with Gasteiger partial charge in [0.2, 0.25) is 15.9 Å².